The van der Waals surface area contributed by atoms with Crippen LogP contribution in [0.2, 0.25) is 0 Å². The third kappa shape index (κ3) is 4.64. The van der Waals surface area contributed by atoms with Crippen molar-refractivity contribution in [3.63, 3.8) is 0 Å². The second kappa shape index (κ2) is 6.18. The van der Waals surface area contributed by atoms with E-state index >= 15 is 0 Å². The van der Waals surface area contributed by atoms with E-state index in [2.05, 4.69) is 11.9 Å². The topological polar surface area (TPSA) is 66.4 Å². The maximum atomic E-state index is 11.2. The number of amides is 1. The number of carbonyl (C=O) groups is 2. The van der Waals surface area contributed by atoms with E-state index in [1.165, 1.54) is 0 Å². The molecule has 2 N–H and O–H groups in total. The Balaban J connectivity index is 4.09. The summed E-state index contributed by atoms with van der Waals surface area (Å²) in [6, 6.07) is -0.799. The molecule has 0 saturated heterocycles. The predicted molar refractivity (Wildman–Crippen MR) is 53.8 cm³/mol. The van der Waals surface area contributed by atoms with Crippen molar-refractivity contribution in [2.45, 2.75) is 32.7 Å². The van der Waals surface area contributed by atoms with Crippen molar-refractivity contribution in [3.8, 4) is 0 Å². The third-order valence-electron chi connectivity index (χ3n) is 1.82. The highest BCUT2D eigenvalue weighted by atomic mass is 16.4. The van der Waals surface area contributed by atoms with Gasteiger partial charge in [0.1, 0.15) is 6.04 Å². The summed E-state index contributed by atoms with van der Waals surface area (Å²) in [5.74, 6) is -1.35. The Morgan fingerprint density at radius 2 is 2.07 bits per heavy atom. The quantitative estimate of drug-likeness (QED) is 0.631. The molecule has 0 aliphatic heterocycles. The van der Waals surface area contributed by atoms with Gasteiger partial charge in [-0.1, -0.05) is 19.9 Å². The average Bonchev–Trinajstić information content (AvgIpc) is 2.09. The second-order valence-corrected chi connectivity index (χ2v) is 3.45. The van der Waals surface area contributed by atoms with Crippen LogP contribution in [0.4, 0.5) is 0 Å². The van der Waals surface area contributed by atoms with Crippen LogP contribution < -0.4 is 5.32 Å². The summed E-state index contributed by atoms with van der Waals surface area (Å²) in [5, 5.41) is 11.2. The smallest absolute Gasteiger partial charge is 0.326 e. The first-order valence-corrected chi connectivity index (χ1v) is 4.62. The molecule has 1 atom stereocenters. The summed E-state index contributed by atoms with van der Waals surface area (Å²) in [4.78, 5) is 21.9. The number of carboxylic acids is 1. The number of hydrogen-bond acceptors (Lipinski definition) is 2. The van der Waals surface area contributed by atoms with Gasteiger partial charge >= 0.3 is 5.97 Å². The maximum absolute atomic E-state index is 11.2. The van der Waals surface area contributed by atoms with Crippen molar-refractivity contribution in [1.29, 1.82) is 0 Å². The molecule has 80 valence electrons. The van der Waals surface area contributed by atoms with Crippen molar-refractivity contribution < 1.29 is 14.7 Å². The van der Waals surface area contributed by atoms with Crippen LogP contribution in [0.15, 0.2) is 12.7 Å². The number of allylic oxidation sites excluding steroid dienone is 1. The number of rotatable bonds is 6. The number of carboxylic acid groups (broad SMARTS) is 1. The molecule has 0 radical (unpaired) electrons. The molecule has 0 aromatic carbocycles. The van der Waals surface area contributed by atoms with Gasteiger partial charge < -0.3 is 10.4 Å². The van der Waals surface area contributed by atoms with Crippen LogP contribution >= 0.6 is 0 Å². The molecular weight excluding hydrogens is 182 g/mol. The highest BCUT2D eigenvalue weighted by molar-refractivity contribution is 5.83. The number of carbonyl (C=O) groups excluding carboxylic acids is 1. The van der Waals surface area contributed by atoms with Crippen molar-refractivity contribution in [2.75, 3.05) is 0 Å². The minimum atomic E-state index is -0.994. The molecule has 0 rings (SSSR count). The number of nitrogens with one attached hydrogen (secondary N) is 1. The zero-order chi connectivity index (χ0) is 11.1. The zero-order valence-corrected chi connectivity index (χ0v) is 8.62. The van der Waals surface area contributed by atoms with Crippen LogP contribution in [0.3, 0.4) is 0 Å². The van der Waals surface area contributed by atoms with E-state index in [0.717, 1.165) is 0 Å². The SMILES string of the molecule is C=CCCC(=O)N[C@@H](C(=O)O)C(C)C. The van der Waals surface area contributed by atoms with E-state index in [1.807, 2.05) is 0 Å². The van der Waals surface area contributed by atoms with E-state index in [1.54, 1.807) is 19.9 Å². The third-order valence-corrected chi connectivity index (χ3v) is 1.82. The molecule has 4 heteroatoms. The summed E-state index contributed by atoms with van der Waals surface area (Å²) in [6.07, 6.45) is 2.49. The Morgan fingerprint density at radius 1 is 1.50 bits per heavy atom. The summed E-state index contributed by atoms with van der Waals surface area (Å²) < 4.78 is 0. The van der Waals surface area contributed by atoms with E-state index in [9.17, 15) is 9.59 Å². The fraction of sp³-hybridized carbons (Fsp3) is 0.600. The lowest BCUT2D eigenvalue weighted by molar-refractivity contribution is -0.143. The van der Waals surface area contributed by atoms with Gasteiger partial charge in [0.2, 0.25) is 5.91 Å². The first kappa shape index (κ1) is 12.7. The maximum Gasteiger partial charge on any atom is 0.326 e. The van der Waals surface area contributed by atoms with Gasteiger partial charge in [0.05, 0.1) is 0 Å². The standard InChI is InChI=1S/C10H17NO3/c1-4-5-6-8(12)11-9(7(2)3)10(13)14/h4,7,9H,1,5-6H2,2-3H3,(H,11,12)(H,13,14)/t9-/m1/s1. The Hall–Kier alpha value is -1.32. The molecule has 0 spiro atoms. The van der Waals surface area contributed by atoms with Crippen molar-refractivity contribution in [2.24, 2.45) is 5.92 Å². The molecular formula is C10H17NO3. The molecule has 0 aliphatic rings. The van der Waals surface area contributed by atoms with Crippen LogP contribution in [-0.2, 0) is 9.59 Å². The van der Waals surface area contributed by atoms with Gasteiger partial charge in [0.15, 0.2) is 0 Å². The van der Waals surface area contributed by atoms with Gasteiger partial charge in [0.25, 0.3) is 0 Å². The van der Waals surface area contributed by atoms with E-state index in [-0.39, 0.29) is 11.8 Å². The van der Waals surface area contributed by atoms with Gasteiger partial charge in [0, 0.05) is 6.42 Å². The van der Waals surface area contributed by atoms with Crippen LogP contribution in [0, 0.1) is 5.92 Å². The highest BCUT2D eigenvalue weighted by Crippen LogP contribution is 2.02. The fourth-order valence-corrected chi connectivity index (χ4v) is 0.992. The van der Waals surface area contributed by atoms with Crippen molar-refractivity contribution in [1.82, 2.24) is 5.32 Å². The summed E-state index contributed by atoms with van der Waals surface area (Å²) in [6.45, 7) is 7.00. The van der Waals surface area contributed by atoms with Gasteiger partial charge in [-0.2, -0.15) is 0 Å². The molecule has 0 unspecified atom stereocenters. The first-order valence-electron chi connectivity index (χ1n) is 4.62. The molecule has 14 heavy (non-hydrogen) atoms. The lowest BCUT2D eigenvalue weighted by Gasteiger charge is -2.17. The Labute approximate surface area is 84.0 Å². The van der Waals surface area contributed by atoms with Gasteiger partial charge in [-0.15, -0.1) is 6.58 Å². The van der Waals surface area contributed by atoms with Crippen LogP contribution in [0.25, 0.3) is 0 Å². The molecule has 0 heterocycles. The number of aliphatic carboxylic acids is 1. The Bertz CT molecular complexity index is 223. The zero-order valence-electron chi connectivity index (χ0n) is 8.62. The second-order valence-electron chi connectivity index (χ2n) is 3.45. The molecule has 0 bridgehead atoms. The summed E-state index contributed by atoms with van der Waals surface area (Å²) in [5.41, 5.74) is 0. The van der Waals surface area contributed by atoms with Gasteiger partial charge in [-0.05, 0) is 12.3 Å². The average molecular weight is 199 g/mol. The van der Waals surface area contributed by atoms with E-state index in [4.69, 9.17) is 5.11 Å². The van der Waals surface area contributed by atoms with Crippen molar-refractivity contribution >= 4 is 11.9 Å². The van der Waals surface area contributed by atoms with Crippen LogP contribution in [0.5, 0.6) is 0 Å². The highest BCUT2D eigenvalue weighted by Gasteiger charge is 2.22. The fourth-order valence-electron chi connectivity index (χ4n) is 0.992. The minimum absolute atomic E-state index is 0.111. The molecule has 0 fully saturated rings. The van der Waals surface area contributed by atoms with Gasteiger partial charge in [-0.25, -0.2) is 4.79 Å². The molecule has 0 aromatic heterocycles. The molecule has 0 saturated carbocycles. The van der Waals surface area contributed by atoms with Crippen LogP contribution in [0.1, 0.15) is 26.7 Å². The van der Waals surface area contributed by atoms with Crippen LogP contribution in [-0.4, -0.2) is 23.0 Å². The lowest BCUT2D eigenvalue weighted by atomic mass is 10.0. The number of hydrogen-bond donors (Lipinski definition) is 2. The normalized spacial score (nSPS) is 12.2. The summed E-state index contributed by atoms with van der Waals surface area (Å²) >= 11 is 0. The van der Waals surface area contributed by atoms with Gasteiger partial charge in [-0.3, -0.25) is 4.79 Å². The molecule has 4 nitrogen and oxygen atoms in total. The first-order chi connectivity index (χ1) is 6.49. The predicted octanol–water partition coefficient (Wildman–Crippen LogP) is 1.18. The Kier molecular flexibility index (Phi) is 5.60. The molecule has 0 aromatic rings. The van der Waals surface area contributed by atoms with E-state index in [0.29, 0.717) is 12.8 Å². The van der Waals surface area contributed by atoms with E-state index < -0.39 is 12.0 Å². The largest absolute Gasteiger partial charge is 0.480 e. The minimum Gasteiger partial charge on any atom is -0.480 e. The summed E-state index contributed by atoms with van der Waals surface area (Å²) in [7, 11) is 0. The lowest BCUT2D eigenvalue weighted by Crippen LogP contribution is -2.44. The molecule has 0 aliphatic carbocycles. The van der Waals surface area contributed by atoms with Crippen molar-refractivity contribution in [3.05, 3.63) is 12.7 Å². The monoisotopic (exact) mass is 199 g/mol. The molecule has 1 amide bonds. The Morgan fingerprint density at radius 3 is 2.43 bits per heavy atom.